The molecule has 0 atom stereocenters. The number of esters is 1. The van der Waals surface area contributed by atoms with Gasteiger partial charge in [-0.25, -0.2) is 0 Å². The van der Waals surface area contributed by atoms with Gasteiger partial charge in [0.1, 0.15) is 0 Å². The van der Waals surface area contributed by atoms with Crippen molar-refractivity contribution in [3.8, 4) is 0 Å². The molecule has 0 spiro atoms. The van der Waals surface area contributed by atoms with Crippen LogP contribution in [-0.2, 0) is 4.74 Å². The zero-order valence-corrected chi connectivity index (χ0v) is 18.4. The van der Waals surface area contributed by atoms with Gasteiger partial charge in [-0.15, -0.1) is 0 Å². The van der Waals surface area contributed by atoms with Gasteiger partial charge in [-0.2, -0.15) is 0 Å². The average Bonchev–Trinajstić information content (AvgIpc) is 2.67. The van der Waals surface area contributed by atoms with Gasteiger partial charge >= 0.3 is 172 Å². The fraction of sp³-hybridized carbons (Fsp3) is 0.174. The first-order valence-corrected chi connectivity index (χ1v) is 11.2. The molecule has 138 valence electrons. The third kappa shape index (κ3) is 4.65. The van der Waals surface area contributed by atoms with E-state index in [1.54, 1.807) is 11.8 Å². The van der Waals surface area contributed by atoms with Crippen LogP contribution in [0.2, 0.25) is 0 Å². The minimum absolute atomic E-state index is 0.144. The van der Waals surface area contributed by atoms with Crippen LogP contribution in [0.25, 0.3) is 0 Å². The first-order valence-electron chi connectivity index (χ1n) is 8.69. The molecule has 0 amide bonds. The zero-order valence-electron chi connectivity index (χ0n) is 15.9. The van der Waals surface area contributed by atoms with Crippen LogP contribution in [0.15, 0.2) is 70.5 Å². The number of ether oxygens (including phenoxy) is 1. The van der Waals surface area contributed by atoms with Crippen molar-refractivity contribution < 1.29 is 9.53 Å². The van der Waals surface area contributed by atoms with Crippen LogP contribution in [0.1, 0.15) is 27.0 Å². The summed E-state index contributed by atoms with van der Waals surface area (Å²) in [7, 11) is 1.45. The van der Waals surface area contributed by atoms with Crippen molar-refractivity contribution in [1.82, 2.24) is 0 Å². The first kappa shape index (κ1) is 19.8. The van der Waals surface area contributed by atoms with Crippen molar-refractivity contribution in [3.63, 3.8) is 0 Å². The Bertz CT molecular complexity index is 950. The molecule has 3 aromatic rings. The Kier molecular flexibility index (Phi) is 6.43. The minimum atomic E-state index is -0.271. The van der Waals surface area contributed by atoms with Crippen LogP contribution in [0.3, 0.4) is 0 Å². The second-order valence-corrected chi connectivity index (χ2v) is 9.73. The Labute approximate surface area is 171 Å². The van der Waals surface area contributed by atoms with Crippen LogP contribution in [0, 0.1) is 20.8 Å². The van der Waals surface area contributed by atoms with E-state index in [0.29, 0.717) is 5.56 Å². The van der Waals surface area contributed by atoms with Crippen molar-refractivity contribution in [3.05, 3.63) is 82.9 Å². The second kappa shape index (κ2) is 8.79. The molecular weight excluding hydrogens is 419 g/mol. The molecule has 4 heteroatoms. The number of methoxy groups -OCH3 is 1. The number of benzene rings is 3. The van der Waals surface area contributed by atoms with Crippen molar-refractivity contribution >= 4 is 41.6 Å². The Morgan fingerprint density at radius 3 is 2.26 bits per heavy atom. The number of carbonyl (C=O) groups excluding carboxylic acids is 1. The quantitative estimate of drug-likeness (QED) is 0.439. The van der Waals surface area contributed by atoms with E-state index >= 15 is 0 Å². The van der Waals surface area contributed by atoms with E-state index in [9.17, 15) is 4.79 Å². The summed E-state index contributed by atoms with van der Waals surface area (Å²) < 4.78 is 7.66. The molecule has 0 unspecified atom stereocenters. The monoisotopic (exact) mass is 442 g/mol. The predicted octanol–water partition coefficient (Wildman–Crippen LogP) is 4.20. The number of aryl methyl sites for hydroxylation is 2. The Hall–Kier alpha value is -2.00. The molecule has 0 radical (unpaired) electrons. The second-order valence-electron chi connectivity index (χ2n) is 6.34. The van der Waals surface area contributed by atoms with Crippen molar-refractivity contribution in [2.75, 3.05) is 7.11 Å². The Morgan fingerprint density at radius 2 is 1.63 bits per heavy atom. The molecule has 3 rings (SSSR count). The van der Waals surface area contributed by atoms with Crippen molar-refractivity contribution in [2.24, 2.45) is 0 Å². The maximum atomic E-state index is 12.6. The van der Waals surface area contributed by atoms with E-state index in [2.05, 4.69) is 68.4 Å². The summed E-state index contributed by atoms with van der Waals surface area (Å²) in [6, 6.07) is 20.9. The maximum absolute atomic E-state index is 12.6. The topological polar surface area (TPSA) is 26.3 Å². The molecule has 0 N–H and O–H groups in total. The molecule has 2 nitrogen and oxygen atoms in total. The van der Waals surface area contributed by atoms with Gasteiger partial charge in [0.2, 0.25) is 0 Å². The van der Waals surface area contributed by atoms with E-state index in [1.165, 1.54) is 27.2 Å². The summed E-state index contributed by atoms with van der Waals surface area (Å²) in [6.45, 7) is 6.24. The summed E-state index contributed by atoms with van der Waals surface area (Å²) in [6.07, 6.45) is 0. The van der Waals surface area contributed by atoms with Gasteiger partial charge in [-0.1, -0.05) is 0 Å². The summed E-state index contributed by atoms with van der Waals surface area (Å²) >= 11 is 1.76. The van der Waals surface area contributed by atoms with Crippen LogP contribution in [0.4, 0.5) is 0 Å². The summed E-state index contributed by atoms with van der Waals surface area (Å²) in [5.74, 6) is -0.271. The van der Waals surface area contributed by atoms with E-state index in [4.69, 9.17) is 4.74 Å². The van der Waals surface area contributed by atoms with Crippen LogP contribution >= 0.6 is 11.8 Å². The molecule has 0 saturated carbocycles. The molecule has 0 aliphatic heterocycles. The number of hydrogen-bond donors (Lipinski definition) is 0. The molecule has 3 aromatic carbocycles. The summed E-state index contributed by atoms with van der Waals surface area (Å²) in [5.41, 5.74) is 4.15. The number of rotatable bonds is 5. The number of carbonyl (C=O) groups is 1. The van der Waals surface area contributed by atoms with E-state index in [-0.39, 0.29) is 20.9 Å². The van der Waals surface area contributed by atoms with Gasteiger partial charge in [-0.3, -0.25) is 0 Å². The molecule has 0 aliphatic rings. The Morgan fingerprint density at radius 1 is 0.963 bits per heavy atom. The molecule has 0 fully saturated rings. The van der Waals surface area contributed by atoms with E-state index < -0.39 is 0 Å². The van der Waals surface area contributed by atoms with Crippen molar-refractivity contribution in [1.29, 1.82) is 0 Å². The molecule has 0 heterocycles. The molecule has 0 bridgehead atoms. The summed E-state index contributed by atoms with van der Waals surface area (Å²) in [5, 5.41) is 0. The zero-order chi connectivity index (χ0) is 19.4. The SMILES string of the molecule is COC(=O)c1c(Sc2ccc(C)cc2)cc(C)c([Se]c2ccccc2)c1C. The summed E-state index contributed by atoms with van der Waals surface area (Å²) in [4.78, 5) is 14.7. The van der Waals surface area contributed by atoms with E-state index in [1.807, 2.05) is 13.0 Å². The van der Waals surface area contributed by atoms with Gasteiger partial charge in [0.15, 0.2) is 0 Å². The molecule has 27 heavy (non-hydrogen) atoms. The molecular formula is C23H22O2SSe. The van der Waals surface area contributed by atoms with Gasteiger partial charge in [0.05, 0.1) is 0 Å². The normalized spacial score (nSPS) is 10.7. The van der Waals surface area contributed by atoms with Gasteiger partial charge in [0, 0.05) is 0 Å². The van der Waals surface area contributed by atoms with Crippen LogP contribution < -0.4 is 8.92 Å². The van der Waals surface area contributed by atoms with Gasteiger partial charge in [-0.05, 0) is 0 Å². The fourth-order valence-corrected chi connectivity index (χ4v) is 6.07. The standard InChI is InChI=1S/C23H22O2SSe/c1-15-10-12-18(13-11-15)26-20-14-16(2)22(17(3)21(20)23(24)25-4)27-19-8-6-5-7-9-19/h5-14H,1-4H3. The van der Waals surface area contributed by atoms with Gasteiger partial charge < -0.3 is 0 Å². The molecule has 0 aromatic heterocycles. The average molecular weight is 441 g/mol. The first-order chi connectivity index (χ1) is 13.0. The number of hydrogen-bond acceptors (Lipinski definition) is 3. The fourth-order valence-electron chi connectivity index (χ4n) is 2.86. The predicted molar refractivity (Wildman–Crippen MR) is 114 cm³/mol. The van der Waals surface area contributed by atoms with E-state index in [0.717, 1.165) is 15.4 Å². The Balaban J connectivity index is 2.05. The van der Waals surface area contributed by atoms with Crippen LogP contribution in [-0.4, -0.2) is 28.0 Å². The molecule has 0 saturated heterocycles. The third-order valence-electron chi connectivity index (χ3n) is 4.27. The van der Waals surface area contributed by atoms with Crippen molar-refractivity contribution in [2.45, 2.75) is 30.6 Å². The van der Waals surface area contributed by atoms with Gasteiger partial charge in [0.25, 0.3) is 0 Å². The molecule has 0 aliphatic carbocycles. The van der Waals surface area contributed by atoms with Crippen LogP contribution in [0.5, 0.6) is 0 Å². The third-order valence-corrected chi connectivity index (χ3v) is 8.13.